The fraction of sp³-hybridized carbons (Fsp3) is 0.375. The third-order valence-electron chi connectivity index (χ3n) is 6.03. The number of amides is 2. The van der Waals surface area contributed by atoms with Crippen LogP contribution in [-0.2, 0) is 11.3 Å². The highest BCUT2D eigenvalue weighted by molar-refractivity contribution is 6.30. The molecule has 0 saturated carbocycles. The quantitative estimate of drug-likeness (QED) is 0.543. The molecule has 1 aliphatic rings. The number of halogens is 3. The van der Waals surface area contributed by atoms with Crippen LogP contribution in [0.1, 0.15) is 37.2 Å². The Labute approximate surface area is 201 Å². The Balaban J connectivity index is 1.58. The van der Waals surface area contributed by atoms with Crippen molar-refractivity contribution in [3.8, 4) is 0 Å². The molecule has 1 aliphatic heterocycles. The predicted molar refractivity (Wildman–Crippen MR) is 127 cm³/mol. The molecule has 2 N–H and O–H groups in total. The number of carbonyl (C=O) groups is 2. The van der Waals surface area contributed by atoms with Gasteiger partial charge in [-0.05, 0) is 51.0 Å². The van der Waals surface area contributed by atoms with Crippen LogP contribution in [0.5, 0.6) is 0 Å². The molecule has 1 fully saturated rings. The molecular formula is C24H26ClF2N5O2. The molecule has 4 rings (SSSR count). The molecular weight excluding hydrogens is 464 g/mol. The summed E-state index contributed by atoms with van der Waals surface area (Å²) in [7, 11) is 0. The molecule has 10 heteroatoms. The number of piperidine rings is 1. The summed E-state index contributed by atoms with van der Waals surface area (Å²) in [6.45, 7) is 5.64. The zero-order chi connectivity index (χ0) is 24.4. The Morgan fingerprint density at radius 1 is 1.18 bits per heavy atom. The minimum atomic E-state index is -0.850. The standard InChI is InChI=1S/C24H26ClF2N5O2/c1-14(2)31-7-5-18(6-8-31)29-24(34)20-10-15-9-17(26)11-19(27)23(15)32(20)13-22(33)30-21-4-3-16(25)12-28-21/h3-4,9-12,14,18H,5-8,13H2,1-2H3,(H,29,34)(H,28,30,33). The lowest BCUT2D eigenvalue weighted by atomic mass is 10.0. The average Bonchev–Trinajstić information content (AvgIpc) is 3.14. The summed E-state index contributed by atoms with van der Waals surface area (Å²) in [5.74, 6) is -2.30. The van der Waals surface area contributed by atoms with Gasteiger partial charge in [-0.25, -0.2) is 13.8 Å². The van der Waals surface area contributed by atoms with Crippen molar-refractivity contribution in [3.63, 3.8) is 0 Å². The first kappa shape index (κ1) is 24.1. The number of pyridine rings is 1. The monoisotopic (exact) mass is 489 g/mol. The lowest BCUT2D eigenvalue weighted by Crippen LogP contribution is -2.47. The minimum absolute atomic E-state index is 0.0135. The van der Waals surface area contributed by atoms with Gasteiger partial charge in [0.2, 0.25) is 5.91 Å². The second-order valence-corrected chi connectivity index (χ2v) is 9.16. The summed E-state index contributed by atoms with van der Waals surface area (Å²) in [5, 5.41) is 6.22. The van der Waals surface area contributed by atoms with Gasteiger partial charge in [0.15, 0.2) is 0 Å². The van der Waals surface area contributed by atoms with E-state index in [1.807, 2.05) is 0 Å². The minimum Gasteiger partial charge on any atom is -0.348 e. The van der Waals surface area contributed by atoms with Crippen LogP contribution >= 0.6 is 11.6 Å². The van der Waals surface area contributed by atoms with E-state index >= 15 is 0 Å². The fourth-order valence-corrected chi connectivity index (χ4v) is 4.39. The first-order valence-electron chi connectivity index (χ1n) is 11.2. The molecule has 0 unspecified atom stereocenters. The highest BCUT2D eigenvalue weighted by Crippen LogP contribution is 2.25. The smallest absolute Gasteiger partial charge is 0.268 e. The summed E-state index contributed by atoms with van der Waals surface area (Å²) in [5.41, 5.74) is 0.0744. The van der Waals surface area contributed by atoms with Gasteiger partial charge in [-0.15, -0.1) is 0 Å². The van der Waals surface area contributed by atoms with Crippen LogP contribution in [0.3, 0.4) is 0 Å². The van der Waals surface area contributed by atoms with E-state index in [0.717, 1.165) is 38.1 Å². The zero-order valence-electron chi connectivity index (χ0n) is 18.9. The second kappa shape index (κ2) is 10.1. The van der Waals surface area contributed by atoms with Gasteiger partial charge in [0.25, 0.3) is 5.91 Å². The third kappa shape index (κ3) is 5.37. The van der Waals surface area contributed by atoms with Gasteiger partial charge in [-0.3, -0.25) is 9.59 Å². The number of carbonyl (C=O) groups excluding carboxylic acids is 2. The number of aromatic nitrogens is 2. The SMILES string of the molecule is CC(C)N1CCC(NC(=O)c2cc3cc(F)cc(F)c3n2CC(=O)Nc2ccc(Cl)cn2)CC1. The van der Waals surface area contributed by atoms with Crippen LogP contribution in [0.4, 0.5) is 14.6 Å². The molecule has 1 saturated heterocycles. The van der Waals surface area contributed by atoms with Crippen LogP contribution in [0.25, 0.3) is 10.9 Å². The summed E-state index contributed by atoms with van der Waals surface area (Å²) >= 11 is 5.82. The Hall–Kier alpha value is -3.04. The number of anilines is 1. The maximum Gasteiger partial charge on any atom is 0.268 e. The van der Waals surface area contributed by atoms with Gasteiger partial charge >= 0.3 is 0 Å². The van der Waals surface area contributed by atoms with Gasteiger partial charge in [-0.1, -0.05) is 11.6 Å². The van der Waals surface area contributed by atoms with Gasteiger partial charge in [0, 0.05) is 42.8 Å². The fourth-order valence-electron chi connectivity index (χ4n) is 4.27. The van der Waals surface area contributed by atoms with Crippen molar-refractivity contribution in [2.24, 2.45) is 0 Å². The molecule has 0 bridgehead atoms. The summed E-state index contributed by atoms with van der Waals surface area (Å²) in [6.07, 6.45) is 2.96. The maximum atomic E-state index is 14.7. The Morgan fingerprint density at radius 3 is 2.56 bits per heavy atom. The molecule has 0 spiro atoms. The highest BCUT2D eigenvalue weighted by Gasteiger charge is 2.26. The van der Waals surface area contributed by atoms with E-state index in [1.54, 1.807) is 6.07 Å². The molecule has 3 aromatic rings. The molecule has 7 nitrogen and oxygen atoms in total. The number of benzene rings is 1. The molecule has 0 radical (unpaired) electrons. The lowest BCUT2D eigenvalue weighted by molar-refractivity contribution is -0.116. The van der Waals surface area contributed by atoms with Crippen molar-refractivity contribution in [3.05, 3.63) is 58.9 Å². The van der Waals surface area contributed by atoms with Gasteiger partial charge in [0.05, 0.1) is 10.5 Å². The lowest BCUT2D eigenvalue weighted by Gasteiger charge is -2.34. The first-order chi connectivity index (χ1) is 16.2. The van der Waals surface area contributed by atoms with Crippen molar-refractivity contribution in [1.82, 2.24) is 19.8 Å². The number of hydrogen-bond acceptors (Lipinski definition) is 4. The predicted octanol–water partition coefficient (Wildman–Crippen LogP) is 4.21. The summed E-state index contributed by atoms with van der Waals surface area (Å²) in [4.78, 5) is 32.2. The first-order valence-corrected chi connectivity index (χ1v) is 11.5. The van der Waals surface area contributed by atoms with E-state index in [9.17, 15) is 18.4 Å². The van der Waals surface area contributed by atoms with Gasteiger partial charge in [0.1, 0.15) is 29.7 Å². The van der Waals surface area contributed by atoms with Crippen LogP contribution in [-0.4, -0.2) is 51.4 Å². The molecule has 180 valence electrons. The molecule has 2 aromatic heterocycles. The topological polar surface area (TPSA) is 79.3 Å². The largest absolute Gasteiger partial charge is 0.348 e. The van der Waals surface area contributed by atoms with Crippen molar-refractivity contribution < 1.29 is 18.4 Å². The molecule has 0 aliphatic carbocycles. The Bertz CT molecular complexity index is 1200. The van der Waals surface area contributed by atoms with Crippen molar-refractivity contribution >= 4 is 40.1 Å². The van der Waals surface area contributed by atoms with Crippen molar-refractivity contribution in [2.45, 2.75) is 45.3 Å². The summed E-state index contributed by atoms with van der Waals surface area (Å²) in [6, 6.07) is 6.79. The van der Waals surface area contributed by atoms with E-state index in [4.69, 9.17) is 11.6 Å². The van der Waals surface area contributed by atoms with Gasteiger partial charge < -0.3 is 20.1 Å². The Morgan fingerprint density at radius 2 is 1.91 bits per heavy atom. The van der Waals surface area contributed by atoms with Crippen molar-refractivity contribution in [2.75, 3.05) is 18.4 Å². The molecule has 2 amide bonds. The number of fused-ring (bicyclic) bond motifs is 1. The maximum absolute atomic E-state index is 14.7. The van der Waals surface area contributed by atoms with E-state index in [1.165, 1.54) is 22.9 Å². The summed E-state index contributed by atoms with van der Waals surface area (Å²) < 4.78 is 29.8. The van der Waals surface area contributed by atoms with Crippen molar-refractivity contribution in [1.29, 1.82) is 0 Å². The second-order valence-electron chi connectivity index (χ2n) is 8.73. The molecule has 34 heavy (non-hydrogen) atoms. The zero-order valence-corrected chi connectivity index (χ0v) is 19.7. The molecule has 3 heterocycles. The third-order valence-corrected chi connectivity index (χ3v) is 6.26. The number of likely N-dealkylation sites (tertiary alicyclic amines) is 1. The van der Waals surface area contributed by atoms with Crippen LogP contribution in [0, 0.1) is 11.6 Å². The number of nitrogens with zero attached hydrogens (tertiary/aromatic N) is 3. The Kier molecular flexibility index (Phi) is 7.13. The van der Waals surface area contributed by atoms with E-state index in [0.29, 0.717) is 11.1 Å². The average molecular weight is 490 g/mol. The van der Waals surface area contributed by atoms with Gasteiger partial charge in [-0.2, -0.15) is 0 Å². The number of rotatable bonds is 6. The van der Waals surface area contributed by atoms with E-state index in [-0.39, 0.29) is 35.0 Å². The number of hydrogen-bond donors (Lipinski definition) is 2. The number of nitrogens with one attached hydrogen (secondary N) is 2. The van der Waals surface area contributed by atoms with E-state index < -0.39 is 23.4 Å². The van der Waals surface area contributed by atoms with E-state index in [2.05, 4.69) is 34.4 Å². The van der Waals surface area contributed by atoms with Crippen LogP contribution in [0.2, 0.25) is 5.02 Å². The highest BCUT2D eigenvalue weighted by atomic mass is 35.5. The molecule has 1 aromatic carbocycles. The van der Waals surface area contributed by atoms with Crippen LogP contribution in [0.15, 0.2) is 36.5 Å². The normalized spacial score (nSPS) is 15.1. The molecule has 0 atom stereocenters. The van der Waals surface area contributed by atoms with Crippen LogP contribution < -0.4 is 10.6 Å².